The fourth-order valence-electron chi connectivity index (χ4n) is 1.65. The quantitative estimate of drug-likeness (QED) is 0.658. The van der Waals surface area contributed by atoms with Crippen LogP contribution in [-0.2, 0) is 4.79 Å². The minimum absolute atomic E-state index is 0.0749. The summed E-state index contributed by atoms with van der Waals surface area (Å²) >= 11 is 0. The van der Waals surface area contributed by atoms with Gasteiger partial charge in [-0.15, -0.1) is 0 Å². The molecule has 19 heavy (non-hydrogen) atoms. The van der Waals surface area contributed by atoms with E-state index < -0.39 is 18.0 Å². The monoisotopic (exact) mass is 269 g/mol. The van der Waals surface area contributed by atoms with Crippen LogP contribution in [0.3, 0.4) is 0 Å². The van der Waals surface area contributed by atoms with Crippen LogP contribution in [0, 0.1) is 5.82 Å². The average molecular weight is 269 g/mol. The molecule has 1 aromatic carbocycles. The lowest BCUT2D eigenvalue weighted by molar-refractivity contribution is -0.119. The van der Waals surface area contributed by atoms with Gasteiger partial charge in [0.2, 0.25) is 5.91 Å². The normalized spacial score (nSPS) is 13.7. The lowest BCUT2D eigenvalue weighted by atomic mass is 9.99. The Morgan fingerprint density at radius 2 is 2.16 bits per heavy atom. The highest BCUT2D eigenvalue weighted by Crippen LogP contribution is 2.23. The smallest absolute Gasteiger partial charge is 0.216 e. The van der Waals surface area contributed by atoms with E-state index in [9.17, 15) is 24.2 Å². The number of aliphatic hydroxyl groups is 2. The van der Waals surface area contributed by atoms with Crippen LogP contribution in [0.4, 0.5) is 4.39 Å². The largest absolute Gasteiger partial charge is 0.390 e. The molecular formula is C13H16FNO4. The van der Waals surface area contributed by atoms with Crippen LogP contribution < -0.4 is 5.32 Å². The van der Waals surface area contributed by atoms with Crippen LogP contribution in [0.1, 0.15) is 35.4 Å². The van der Waals surface area contributed by atoms with Gasteiger partial charge in [-0.25, -0.2) is 4.39 Å². The Morgan fingerprint density at radius 3 is 2.74 bits per heavy atom. The fraction of sp³-hybridized carbons (Fsp3) is 0.385. The van der Waals surface area contributed by atoms with Gasteiger partial charge >= 0.3 is 0 Å². The average Bonchev–Trinajstić information content (AvgIpc) is 2.37. The maximum atomic E-state index is 13.8. The molecule has 1 aromatic rings. The Morgan fingerprint density at radius 1 is 1.47 bits per heavy atom. The molecule has 0 saturated heterocycles. The summed E-state index contributed by atoms with van der Waals surface area (Å²) in [5, 5.41) is 22.0. The van der Waals surface area contributed by atoms with Gasteiger partial charge < -0.3 is 15.5 Å². The van der Waals surface area contributed by atoms with Gasteiger partial charge in [-0.05, 0) is 12.5 Å². The maximum absolute atomic E-state index is 13.8. The first-order valence-corrected chi connectivity index (χ1v) is 5.81. The summed E-state index contributed by atoms with van der Waals surface area (Å²) in [7, 11) is 0. The second-order valence-corrected chi connectivity index (χ2v) is 4.15. The number of hydrogen-bond donors (Lipinski definition) is 3. The first-order valence-electron chi connectivity index (χ1n) is 5.81. The minimum atomic E-state index is -1.45. The second-order valence-electron chi connectivity index (χ2n) is 4.15. The predicted octanol–water partition coefficient (Wildman–Crippen LogP) is 0.559. The van der Waals surface area contributed by atoms with Crippen LogP contribution in [0.25, 0.3) is 0 Å². The summed E-state index contributed by atoms with van der Waals surface area (Å²) in [6.07, 6.45) is -2.27. The zero-order chi connectivity index (χ0) is 14.4. The Balaban J connectivity index is 2.73. The summed E-state index contributed by atoms with van der Waals surface area (Å²) < 4.78 is 13.8. The molecule has 1 amide bonds. The molecule has 0 aliphatic heterocycles. The molecule has 0 saturated carbocycles. The van der Waals surface area contributed by atoms with Crippen LogP contribution in [0.5, 0.6) is 0 Å². The molecule has 0 aliphatic carbocycles. The van der Waals surface area contributed by atoms with Crippen molar-refractivity contribution >= 4 is 12.2 Å². The molecule has 0 aliphatic rings. The summed E-state index contributed by atoms with van der Waals surface area (Å²) in [4.78, 5) is 21.2. The standard InChI is InChI=1S/C13H16FNO4/c1-8(17)15-6-5-11(18)13(19)10-4-2-3-9(7-16)12(10)14/h2-4,7,11,13,18-19H,5-6H2,1H3,(H,15,17). The number of aliphatic hydroxyl groups excluding tert-OH is 2. The molecule has 0 spiro atoms. The van der Waals surface area contributed by atoms with Crippen LogP contribution >= 0.6 is 0 Å². The number of nitrogens with one attached hydrogen (secondary N) is 1. The van der Waals surface area contributed by atoms with Crippen LogP contribution in [0.15, 0.2) is 18.2 Å². The molecule has 0 radical (unpaired) electrons. The molecule has 2 atom stereocenters. The van der Waals surface area contributed by atoms with Crippen molar-refractivity contribution < 1.29 is 24.2 Å². The summed E-state index contributed by atoms with van der Waals surface area (Å²) in [5.41, 5.74) is -0.314. The van der Waals surface area contributed by atoms with E-state index in [1.165, 1.54) is 25.1 Å². The van der Waals surface area contributed by atoms with Gasteiger partial charge in [-0.2, -0.15) is 0 Å². The SMILES string of the molecule is CC(=O)NCCC(O)C(O)c1cccc(C=O)c1F. The van der Waals surface area contributed by atoms with E-state index in [-0.39, 0.29) is 30.0 Å². The van der Waals surface area contributed by atoms with Crippen molar-refractivity contribution in [3.63, 3.8) is 0 Å². The first-order chi connectivity index (χ1) is 8.97. The van der Waals surface area contributed by atoms with Crippen LogP contribution in [0.2, 0.25) is 0 Å². The van der Waals surface area contributed by atoms with E-state index in [2.05, 4.69) is 5.32 Å². The number of hydrogen-bond acceptors (Lipinski definition) is 4. The van der Waals surface area contributed by atoms with Crippen molar-refractivity contribution in [2.45, 2.75) is 25.6 Å². The van der Waals surface area contributed by atoms with E-state index in [0.717, 1.165) is 0 Å². The van der Waals surface area contributed by atoms with Crippen molar-refractivity contribution in [1.82, 2.24) is 5.32 Å². The maximum Gasteiger partial charge on any atom is 0.216 e. The molecule has 0 fully saturated rings. The first kappa shape index (κ1) is 15.3. The van der Waals surface area contributed by atoms with E-state index in [1.807, 2.05) is 0 Å². The van der Waals surface area contributed by atoms with Crippen molar-refractivity contribution in [2.75, 3.05) is 6.54 Å². The Labute approximate surface area is 110 Å². The highest BCUT2D eigenvalue weighted by Gasteiger charge is 2.22. The molecule has 3 N–H and O–H groups in total. The predicted molar refractivity (Wildman–Crippen MR) is 66.1 cm³/mol. The molecule has 2 unspecified atom stereocenters. The number of carbonyl (C=O) groups is 2. The summed E-state index contributed by atoms with van der Waals surface area (Å²) in [5.74, 6) is -1.10. The van der Waals surface area contributed by atoms with Gasteiger partial charge in [0, 0.05) is 19.0 Å². The molecule has 0 bridgehead atoms. The van der Waals surface area contributed by atoms with Gasteiger partial charge in [0.1, 0.15) is 11.9 Å². The number of benzene rings is 1. The molecule has 1 rings (SSSR count). The third-order valence-electron chi connectivity index (χ3n) is 2.68. The van der Waals surface area contributed by atoms with Gasteiger partial charge in [0.15, 0.2) is 6.29 Å². The third-order valence-corrected chi connectivity index (χ3v) is 2.68. The lowest BCUT2D eigenvalue weighted by Gasteiger charge is -2.19. The molecular weight excluding hydrogens is 253 g/mol. The topological polar surface area (TPSA) is 86.6 Å². The lowest BCUT2D eigenvalue weighted by Crippen LogP contribution is -2.28. The zero-order valence-corrected chi connectivity index (χ0v) is 10.5. The number of halogens is 1. The van der Waals surface area contributed by atoms with E-state index in [0.29, 0.717) is 6.29 Å². The van der Waals surface area contributed by atoms with E-state index in [1.54, 1.807) is 0 Å². The molecule has 5 nitrogen and oxygen atoms in total. The van der Waals surface area contributed by atoms with Gasteiger partial charge in [0.05, 0.1) is 11.7 Å². The van der Waals surface area contributed by atoms with Crippen molar-refractivity contribution in [2.24, 2.45) is 0 Å². The minimum Gasteiger partial charge on any atom is -0.390 e. The highest BCUT2D eigenvalue weighted by molar-refractivity contribution is 5.75. The van der Waals surface area contributed by atoms with Crippen LogP contribution in [-0.4, -0.2) is 35.1 Å². The van der Waals surface area contributed by atoms with Crippen molar-refractivity contribution in [3.8, 4) is 0 Å². The molecule has 104 valence electrons. The Hall–Kier alpha value is -1.79. The van der Waals surface area contributed by atoms with Crippen molar-refractivity contribution in [3.05, 3.63) is 35.1 Å². The van der Waals surface area contributed by atoms with Gasteiger partial charge in [0.25, 0.3) is 0 Å². The summed E-state index contributed by atoms with van der Waals surface area (Å²) in [6.45, 7) is 1.50. The highest BCUT2D eigenvalue weighted by atomic mass is 19.1. The molecule has 6 heteroatoms. The summed E-state index contributed by atoms with van der Waals surface area (Å²) in [6, 6.07) is 4.00. The molecule has 0 heterocycles. The van der Waals surface area contributed by atoms with Crippen molar-refractivity contribution in [1.29, 1.82) is 0 Å². The number of rotatable bonds is 6. The number of carbonyl (C=O) groups excluding carboxylic acids is 2. The Bertz CT molecular complexity index is 464. The number of amides is 1. The Kier molecular flexibility index (Phi) is 5.59. The van der Waals surface area contributed by atoms with E-state index in [4.69, 9.17) is 0 Å². The van der Waals surface area contributed by atoms with Gasteiger partial charge in [-0.1, -0.05) is 12.1 Å². The second kappa shape index (κ2) is 6.96. The molecule has 0 aromatic heterocycles. The number of aldehydes is 1. The zero-order valence-electron chi connectivity index (χ0n) is 10.5. The van der Waals surface area contributed by atoms with Gasteiger partial charge in [-0.3, -0.25) is 9.59 Å². The third kappa shape index (κ3) is 4.11. The van der Waals surface area contributed by atoms with E-state index >= 15 is 0 Å². The fourth-order valence-corrected chi connectivity index (χ4v) is 1.65.